The van der Waals surface area contributed by atoms with E-state index >= 15 is 0 Å². The third-order valence-electron chi connectivity index (χ3n) is 3.26. The molecule has 0 bridgehead atoms. The normalized spacial score (nSPS) is 15.4. The Labute approximate surface area is 100 Å². The first kappa shape index (κ1) is 10.4. The van der Waals surface area contributed by atoms with Gasteiger partial charge in [-0.3, -0.25) is 0 Å². The van der Waals surface area contributed by atoms with Crippen molar-refractivity contribution < 1.29 is 9.15 Å². The van der Waals surface area contributed by atoms with Crippen molar-refractivity contribution in [3.8, 4) is 5.75 Å². The van der Waals surface area contributed by atoms with Crippen molar-refractivity contribution in [1.82, 2.24) is 0 Å². The van der Waals surface area contributed by atoms with Crippen LogP contribution in [0.4, 0.5) is 0 Å². The quantitative estimate of drug-likeness (QED) is 0.861. The molecule has 1 aliphatic rings. The second-order valence-electron chi connectivity index (χ2n) is 4.41. The molecule has 0 fully saturated rings. The van der Waals surface area contributed by atoms with E-state index in [1.165, 1.54) is 5.56 Å². The third-order valence-corrected chi connectivity index (χ3v) is 3.26. The van der Waals surface area contributed by atoms with E-state index in [-0.39, 0.29) is 6.04 Å². The number of fused-ring (bicyclic) bond motifs is 1. The van der Waals surface area contributed by atoms with Crippen LogP contribution < -0.4 is 10.5 Å². The molecule has 3 nitrogen and oxygen atoms in total. The van der Waals surface area contributed by atoms with E-state index in [0.717, 1.165) is 35.7 Å². The summed E-state index contributed by atoms with van der Waals surface area (Å²) in [4.78, 5) is 0. The average molecular weight is 229 g/mol. The van der Waals surface area contributed by atoms with E-state index in [1.54, 1.807) is 6.26 Å². The molecular weight excluding hydrogens is 214 g/mol. The zero-order valence-electron chi connectivity index (χ0n) is 9.77. The fourth-order valence-electron chi connectivity index (χ4n) is 2.25. The predicted octanol–water partition coefficient (Wildman–Crippen LogP) is 2.57. The zero-order chi connectivity index (χ0) is 11.8. The van der Waals surface area contributed by atoms with Crippen molar-refractivity contribution in [3.05, 3.63) is 53.0 Å². The first-order chi connectivity index (χ1) is 8.25. The van der Waals surface area contributed by atoms with Crippen LogP contribution in [0.5, 0.6) is 5.75 Å². The van der Waals surface area contributed by atoms with Gasteiger partial charge in [0.15, 0.2) is 0 Å². The summed E-state index contributed by atoms with van der Waals surface area (Å²) in [6.45, 7) is 2.78. The van der Waals surface area contributed by atoms with Gasteiger partial charge >= 0.3 is 0 Å². The second kappa shape index (κ2) is 3.93. The SMILES string of the molecule is Cc1ccoc1C(N)c1ccc2c(c1)CCO2. The van der Waals surface area contributed by atoms with E-state index < -0.39 is 0 Å². The monoisotopic (exact) mass is 229 g/mol. The smallest absolute Gasteiger partial charge is 0.127 e. The highest BCUT2D eigenvalue weighted by molar-refractivity contribution is 5.42. The molecule has 1 aromatic carbocycles. The Hall–Kier alpha value is -1.74. The summed E-state index contributed by atoms with van der Waals surface area (Å²) in [6.07, 6.45) is 2.65. The number of benzene rings is 1. The number of rotatable bonds is 2. The molecule has 2 heterocycles. The van der Waals surface area contributed by atoms with Crippen LogP contribution in [0.3, 0.4) is 0 Å². The Morgan fingerprint density at radius 1 is 1.29 bits per heavy atom. The molecule has 2 aromatic rings. The zero-order valence-corrected chi connectivity index (χ0v) is 9.77. The molecule has 0 saturated heterocycles. The molecule has 0 saturated carbocycles. The summed E-state index contributed by atoms with van der Waals surface area (Å²) in [7, 11) is 0. The number of hydrogen-bond acceptors (Lipinski definition) is 3. The van der Waals surface area contributed by atoms with Crippen LogP contribution in [-0.4, -0.2) is 6.61 Å². The number of nitrogens with two attached hydrogens (primary N) is 1. The van der Waals surface area contributed by atoms with Gasteiger partial charge in [-0.15, -0.1) is 0 Å². The summed E-state index contributed by atoms with van der Waals surface area (Å²) in [5.74, 6) is 1.82. The average Bonchev–Trinajstić information content (AvgIpc) is 2.95. The molecular formula is C14H15NO2. The van der Waals surface area contributed by atoms with Crippen molar-refractivity contribution in [2.24, 2.45) is 5.73 Å². The molecule has 0 radical (unpaired) electrons. The first-order valence-electron chi connectivity index (χ1n) is 5.81. The summed E-state index contributed by atoms with van der Waals surface area (Å²) in [6, 6.07) is 7.86. The van der Waals surface area contributed by atoms with Gasteiger partial charge in [0.2, 0.25) is 0 Å². The van der Waals surface area contributed by atoms with E-state index in [0.29, 0.717) is 0 Å². The highest BCUT2D eigenvalue weighted by atomic mass is 16.5. The minimum Gasteiger partial charge on any atom is -0.493 e. The number of furan rings is 1. The van der Waals surface area contributed by atoms with Gasteiger partial charge in [-0.2, -0.15) is 0 Å². The highest BCUT2D eigenvalue weighted by Gasteiger charge is 2.18. The van der Waals surface area contributed by atoms with Gasteiger partial charge in [0, 0.05) is 6.42 Å². The van der Waals surface area contributed by atoms with Crippen LogP contribution in [0.15, 0.2) is 34.9 Å². The Morgan fingerprint density at radius 2 is 2.18 bits per heavy atom. The Kier molecular flexibility index (Phi) is 2.41. The minimum atomic E-state index is -0.198. The first-order valence-corrected chi connectivity index (χ1v) is 5.81. The van der Waals surface area contributed by atoms with Crippen molar-refractivity contribution >= 4 is 0 Å². The second-order valence-corrected chi connectivity index (χ2v) is 4.41. The van der Waals surface area contributed by atoms with E-state index in [9.17, 15) is 0 Å². The molecule has 0 amide bonds. The van der Waals surface area contributed by atoms with E-state index in [1.807, 2.05) is 25.1 Å². The maximum absolute atomic E-state index is 6.22. The maximum atomic E-state index is 6.22. The van der Waals surface area contributed by atoms with Gasteiger partial charge in [0.1, 0.15) is 11.5 Å². The Morgan fingerprint density at radius 3 is 2.94 bits per heavy atom. The number of hydrogen-bond donors (Lipinski definition) is 1. The van der Waals surface area contributed by atoms with Crippen molar-refractivity contribution in [3.63, 3.8) is 0 Å². The molecule has 0 aliphatic carbocycles. The standard InChI is InChI=1S/C14H15NO2/c1-9-4-6-17-14(9)13(15)11-2-3-12-10(8-11)5-7-16-12/h2-4,6,8,13H,5,7,15H2,1H3. The maximum Gasteiger partial charge on any atom is 0.127 e. The van der Waals surface area contributed by atoms with Gasteiger partial charge in [-0.25, -0.2) is 0 Å². The lowest BCUT2D eigenvalue weighted by Crippen LogP contribution is -2.12. The van der Waals surface area contributed by atoms with Gasteiger partial charge in [0.05, 0.1) is 18.9 Å². The summed E-state index contributed by atoms with van der Waals surface area (Å²) in [5, 5.41) is 0. The number of aryl methyl sites for hydroxylation is 1. The molecule has 3 heteroatoms. The topological polar surface area (TPSA) is 48.4 Å². The lowest BCUT2D eigenvalue weighted by Gasteiger charge is -2.11. The highest BCUT2D eigenvalue weighted by Crippen LogP contribution is 2.30. The fourth-order valence-corrected chi connectivity index (χ4v) is 2.25. The van der Waals surface area contributed by atoms with Crippen molar-refractivity contribution in [2.45, 2.75) is 19.4 Å². The molecule has 1 atom stereocenters. The van der Waals surface area contributed by atoms with Crippen molar-refractivity contribution in [1.29, 1.82) is 0 Å². The van der Waals surface area contributed by atoms with E-state index in [2.05, 4.69) is 6.07 Å². The van der Waals surface area contributed by atoms with Gasteiger partial charge in [0.25, 0.3) is 0 Å². The fraction of sp³-hybridized carbons (Fsp3) is 0.286. The molecule has 3 rings (SSSR count). The Balaban J connectivity index is 1.97. The van der Waals surface area contributed by atoms with Crippen molar-refractivity contribution in [2.75, 3.05) is 6.61 Å². The third kappa shape index (κ3) is 1.72. The molecule has 1 aliphatic heterocycles. The van der Waals surface area contributed by atoms with Crippen LogP contribution in [0, 0.1) is 6.92 Å². The lowest BCUT2D eigenvalue weighted by molar-refractivity contribution is 0.357. The van der Waals surface area contributed by atoms with E-state index in [4.69, 9.17) is 14.9 Å². The summed E-state index contributed by atoms with van der Waals surface area (Å²) in [5.41, 5.74) is 9.63. The van der Waals surface area contributed by atoms with Gasteiger partial charge < -0.3 is 14.9 Å². The molecule has 0 spiro atoms. The van der Waals surface area contributed by atoms with Crippen LogP contribution in [0.25, 0.3) is 0 Å². The molecule has 88 valence electrons. The molecule has 1 aromatic heterocycles. The predicted molar refractivity (Wildman–Crippen MR) is 65.1 cm³/mol. The van der Waals surface area contributed by atoms with Gasteiger partial charge in [-0.1, -0.05) is 6.07 Å². The molecule has 2 N–H and O–H groups in total. The molecule has 1 unspecified atom stereocenters. The largest absolute Gasteiger partial charge is 0.493 e. The lowest BCUT2D eigenvalue weighted by atomic mass is 10.00. The van der Waals surface area contributed by atoms with Crippen LogP contribution >= 0.6 is 0 Å². The Bertz CT molecular complexity index is 545. The van der Waals surface area contributed by atoms with Gasteiger partial charge in [-0.05, 0) is 41.8 Å². The summed E-state index contributed by atoms with van der Waals surface area (Å²) < 4.78 is 10.9. The van der Waals surface area contributed by atoms with Crippen LogP contribution in [0.2, 0.25) is 0 Å². The minimum absolute atomic E-state index is 0.198. The number of ether oxygens (including phenoxy) is 1. The van der Waals surface area contributed by atoms with Crippen LogP contribution in [0.1, 0.15) is 28.5 Å². The van der Waals surface area contributed by atoms with Crippen LogP contribution in [-0.2, 0) is 6.42 Å². The summed E-state index contributed by atoms with van der Waals surface area (Å²) >= 11 is 0. The molecule has 17 heavy (non-hydrogen) atoms.